The second kappa shape index (κ2) is 3.16. The van der Waals surface area contributed by atoms with Crippen molar-refractivity contribution in [2.45, 2.75) is 38.0 Å². The summed E-state index contributed by atoms with van der Waals surface area (Å²) in [7, 11) is 1.59. The summed E-state index contributed by atoms with van der Waals surface area (Å²) < 4.78 is 17.7. The molecule has 0 saturated heterocycles. The van der Waals surface area contributed by atoms with Gasteiger partial charge in [0.05, 0.1) is 6.10 Å². The first-order chi connectivity index (χ1) is 4.34. The standard InChI is InChI=1S/C7H13FO/c1-9-7-5-3-2-4-6(7)8/h6-7H,2-5H2,1H3/t6?,7-/m1/s1. The molecule has 54 valence electrons. The van der Waals surface area contributed by atoms with E-state index in [1.165, 1.54) is 0 Å². The zero-order valence-electron chi connectivity index (χ0n) is 5.77. The van der Waals surface area contributed by atoms with Gasteiger partial charge in [-0.15, -0.1) is 0 Å². The molecule has 2 atom stereocenters. The molecule has 0 aliphatic heterocycles. The molecular weight excluding hydrogens is 119 g/mol. The van der Waals surface area contributed by atoms with Crippen LogP contribution >= 0.6 is 0 Å². The van der Waals surface area contributed by atoms with Crippen LogP contribution in [-0.2, 0) is 4.74 Å². The van der Waals surface area contributed by atoms with Crippen molar-refractivity contribution in [3.05, 3.63) is 0 Å². The molecular formula is C7H13FO. The van der Waals surface area contributed by atoms with E-state index in [0.29, 0.717) is 6.42 Å². The molecule has 0 aromatic rings. The SMILES string of the molecule is CO[C@@H]1CCCCC1F. The van der Waals surface area contributed by atoms with E-state index < -0.39 is 6.17 Å². The Bertz CT molecular complexity index is 85.0. The molecule has 0 aromatic carbocycles. The fraction of sp³-hybridized carbons (Fsp3) is 1.00. The van der Waals surface area contributed by atoms with Crippen LogP contribution in [0.4, 0.5) is 4.39 Å². The molecule has 1 nitrogen and oxygen atoms in total. The highest BCUT2D eigenvalue weighted by molar-refractivity contribution is 4.74. The fourth-order valence-electron chi connectivity index (χ4n) is 1.32. The maximum Gasteiger partial charge on any atom is 0.126 e. The maximum absolute atomic E-state index is 12.7. The molecule has 1 saturated carbocycles. The van der Waals surface area contributed by atoms with Gasteiger partial charge in [0.25, 0.3) is 0 Å². The average molecular weight is 132 g/mol. The fourth-order valence-corrected chi connectivity index (χ4v) is 1.32. The molecule has 0 aromatic heterocycles. The minimum absolute atomic E-state index is 0.112. The number of alkyl halides is 1. The first-order valence-electron chi connectivity index (χ1n) is 3.51. The maximum atomic E-state index is 12.7. The highest BCUT2D eigenvalue weighted by Crippen LogP contribution is 2.22. The molecule has 0 N–H and O–H groups in total. The highest BCUT2D eigenvalue weighted by atomic mass is 19.1. The minimum Gasteiger partial charge on any atom is -0.378 e. The lowest BCUT2D eigenvalue weighted by molar-refractivity contribution is 0.00586. The number of hydrogen-bond donors (Lipinski definition) is 0. The van der Waals surface area contributed by atoms with Crippen molar-refractivity contribution in [3.8, 4) is 0 Å². The molecule has 1 aliphatic rings. The van der Waals surface area contributed by atoms with Crippen LogP contribution < -0.4 is 0 Å². The molecule has 1 fully saturated rings. The first kappa shape index (κ1) is 7.00. The third-order valence-electron chi connectivity index (χ3n) is 1.92. The van der Waals surface area contributed by atoms with Crippen molar-refractivity contribution in [1.82, 2.24) is 0 Å². The van der Waals surface area contributed by atoms with Gasteiger partial charge in [-0.1, -0.05) is 12.8 Å². The van der Waals surface area contributed by atoms with Gasteiger partial charge < -0.3 is 4.74 Å². The van der Waals surface area contributed by atoms with Crippen molar-refractivity contribution in [1.29, 1.82) is 0 Å². The predicted molar refractivity (Wildman–Crippen MR) is 34.2 cm³/mol. The van der Waals surface area contributed by atoms with Crippen LogP contribution in [-0.4, -0.2) is 19.4 Å². The monoisotopic (exact) mass is 132 g/mol. The lowest BCUT2D eigenvalue weighted by Crippen LogP contribution is -2.27. The Balaban J connectivity index is 2.30. The van der Waals surface area contributed by atoms with Crippen molar-refractivity contribution in [2.24, 2.45) is 0 Å². The summed E-state index contributed by atoms with van der Waals surface area (Å²) >= 11 is 0. The molecule has 0 amide bonds. The lowest BCUT2D eigenvalue weighted by Gasteiger charge is -2.23. The van der Waals surface area contributed by atoms with Gasteiger partial charge in [-0.25, -0.2) is 4.39 Å². The molecule has 1 rings (SSSR count). The number of ether oxygens (including phenoxy) is 1. The summed E-state index contributed by atoms with van der Waals surface area (Å²) in [6.07, 6.45) is 2.93. The van der Waals surface area contributed by atoms with Crippen LogP contribution in [0.2, 0.25) is 0 Å². The van der Waals surface area contributed by atoms with Crippen LogP contribution in [0.1, 0.15) is 25.7 Å². The van der Waals surface area contributed by atoms with E-state index in [0.717, 1.165) is 19.3 Å². The number of halogens is 1. The van der Waals surface area contributed by atoms with Gasteiger partial charge in [0.15, 0.2) is 0 Å². The summed E-state index contributed by atoms with van der Waals surface area (Å²) in [5.74, 6) is 0. The van der Waals surface area contributed by atoms with E-state index in [4.69, 9.17) is 4.74 Å². The normalized spacial score (nSPS) is 36.7. The summed E-state index contributed by atoms with van der Waals surface area (Å²) in [5.41, 5.74) is 0. The Labute approximate surface area is 55.2 Å². The molecule has 0 bridgehead atoms. The van der Waals surface area contributed by atoms with E-state index in [9.17, 15) is 4.39 Å². The van der Waals surface area contributed by atoms with Crippen LogP contribution in [0.5, 0.6) is 0 Å². The highest BCUT2D eigenvalue weighted by Gasteiger charge is 2.23. The van der Waals surface area contributed by atoms with E-state index in [-0.39, 0.29) is 6.10 Å². The molecule has 0 heterocycles. The van der Waals surface area contributed by atoms with Gasteiger partial charge in [0, 0.05) is 7.11 Å². The van der Waals surface area contributed by atoms with E-state index in [1.54, 1.807) is 7.11 Å². The van der Waals surface area contributed by atoms with Gasteiger partial charge >= 0.3 is 0 Å². The van der Waals surface area contributed by atoms with Gasteiger partial charge in [-0.3, -0.25) is 0 Å². The minimum atomic E-state index is -0.705. The zero-order valence-corrected chi connectivity index (χ0v) is 5.77. The molecule has 0 spiro atoms. The second-order valence-corrected chi connectivity index (χ2v) is 2.57. The molecule has 9 heavy (non-hydrogen) atoms. The topological polar surface area (TPSA) is 9.23 Å². The summed E-state index contributed by atoms with van der Waals surface area (Å²) in [6.45, 7) is 0. The number of methoxy groups -OCH3 is 1. The van der Waals surface area contributed by atoms with Gasteiger partial charge in [0.1, 0.15) is 6.17 Å². The van der Waals surface area contributed by atoms with Gasteiger partial charge in [0.2, 0.25) is 0 Å². The van der Waals surface area contributed by atoms with Crippen LogP contribution in [0, 0.1) is 0 Å². The third kappa shape index (κ3) is 1.65. The van der Waals surface area contributed by atoms with Crippen molar-refractivity contribution >= 4 is 0 Å². The lowest BCUT2D eigenvalue weighted by atomic mass is 9.96. The average Bonchev–Trinajstić information content (AvgIpc) is 1.89. The van der Waals surface area contributed by atoms with Crippen molar-refractivity contribution < 1.29 is 9.13 Å². The van der Waals surface area contributed by atoms with E-state index in [1.807, 2.05) is 0 Å². The quantitative estimate of drug-likeness (QED) is 0.529. The predicted octanol–water partition coefficient (Wildman–Crippen LogP) is 1.91. The largest absolute Gasteiger partial charge is 0.378 e. The molecule has 1 aliphatic carbocycles. The Morgan fingerprint density at radius 2 is 2.00 bits per heavy atom. The Morgan fingerprint density at radius 3 is 2.44 bits per heavy atom. The molecule has 2 heteroatoms. The Morgan fingerprint density at radius 1 is 1.33 bits per heavy atom. The summed E-state index contributed by atoms with van der Waals surface area (Å²) in [5, 5.41) is 0. The third-order valence-corrected chi connectivity index (χ3v) is 1.92. The van der Waals surface area contributed by atoms with Gasteiger partial charge in [-0.05, 0) is 12.8 Å². The van der Waals surface area contributed by atoms with Crippen LogP contribution in [0.3, 0.4) is 0 Å². The van der Waals surface area contributed by atoms with Gasteiger partial charge in [-0.2, -0.15) is 0 Å². The van der Waals surface area contributed by atoms with Crippen molar-refractivity contribution in [2.75, 3.05) is 7.11 Å². The number of hydrogen-bond acceptors (Lipinski definition) is 1. The number of rotatable bonds is 1. The molecule has 1 unspecified atom stereocenters. The summed E-state index contributed by atoms with van der Waals surface area (Å²) in [4.78, 5) is 0. The van der Waals surface area contributed by atoms with Crippen LogP contribution in [0.15, 0.2) is 0 Å². The zero-order chi connectivity index (χ0) is 6.69. The Kier molecular flexibility index (Phi) is 2.46. The Hall–Kier alpha value is -0.110. The first-order valence-corrected chi connectivity index (χ1v) is 3.51. The van der Waals surface area contributed by atoms with Crippen LogP contribution in [0.25, 0.3) is 0 Å². The molecule has 0 radical (unpaired) electrons. The van der Waals surface area contributed by atoms with Crippen molar-refractivity contribution in [3.63, 3.8) is 0 Å². The van der Waals surface area contributed by atoms with E-state index in [2.05, 4.69) is 0 Å². The van der Waals surface area contributed by atoms with E-state index >= 15 is 0 Å². The smallest absolute Gasteiger partial charge is 0.126 e. The second-order valence-electron chi connectivity index (χ2n) is 2.57. The summed E-state index contributed by atoms with van der Waals surface area (Å²) in [6, 6.07) is 0.